The molecule has 0 radical (unpaired) electrons. The molecule has 23 heavy (non-hydrogen) atoms. The number of rotatable bonds is 1. The maximum Gasteiger partial charge on any atom is 0.101 e. The number of nitriles is 1. The van der Waals surface area contributed by atoms with Crippen LogP contribution < -0.4 is 0 Å². The van der Waals surface area contributed by atoms with Gasteiger partial charge in [0, 0.05) is 37.3 Å². The molecule has 0 aliphatic heterocycles. The van der Waals surface area contributed by atoms with Crippen molar-refractivity contribution in [1.82, 2.24) is 4.98 Å². The molecular weight excluding hydrogens is 320 g/mol. The Balaban J connectivity index is 2.09. The fourth-order valence-corrected chi connectivity index (χ4v) is 4.94. The lowest BCUT2D eigenvalue weighted by Gasteiger charge is -2.04. The summed E-state index contributed by atoms with van der Waals surface area (Å²) < 4.78 is 1.18. The summed E-state index contributed by atoms with van der Waals surface area (Å²) in [5, 5.41) is 19.1. The average Bonchev–Trinajstić information content (AvgIpc) is 3.30. The Labute approximate surface area is 140 Å². The smallest absolute Gasteiger partial charge is 0.101 e. The molecule has 0 fully saturated rings. The molecule has 108 valence electrons. The van der Waals surface area contributed by atoms with Gasteiger partial charge < -0.3 is 4.98 Å². The standard InChI is InChI=1S/C19H10N2S2/c20-8-12-10-23-19-14(12)7-15-13-3-1-2-4-16(13)21-18(15)17(19)11-5-6-22-9-11/h1-7,9-10,21H. The van der Waals surface area contributed by atoms with E-state index in [0.717, 1.165) is 22.0 Å². The molecule has 2 aromatic carbocycles. The van der Waals surface area contributed by atoms with Crippen molar-refractivity contribution >= 4 is 54.6 Å². The monoisotopic (exact) mass is 330 g/mol. The number of para-hydroxylation sites is 1. The Bertz CT molecular complexity index is 1220. The van der Waals surface area contributed by atoms with Gasteiger partial charge >= 0.3 is 0 Å². The third-order valence-electron chi connectivity index (χ3n) is 4.27. The van der Waals surface area contributed by atoms with Crippen LogP contribution in [0.4, 0.5) is 0 Å². The molecule has 3 heterocycles. The third kappa shape index (κ3) is 1.72. The first-order valence-electron chi connectivity index (χ1n) is 7.24. The molecule has 3 aromatic heterocycles. The van der Waals surface area contributed by atoms with Gasteiger partial charge in [-0.3, -0.25) is 0 Å². The van der Waals surface area contributed by atoms with E-state index in [4.69, 9.17) is 0 Å². The van der Waals surface area contributed by atoms with E-state index < -0.39 is 0 Å². The Morgan fingerprint density at radius 1 is 1.00 bits per heavy atom. The third-order valence-corrected chi connectivity index (χ3v) is 5.97. The second kappa shape index (κ2) is 4.69. The van der Waals surface area contributed by atoms with E-state index in [9.17, 15) is 5.26 Å². The molecular formula is C19H10N2S2. The summed E-state index contributed by atoms with van der Waals surface area (Å²) in [6.07, 6.45) is 0. The topological polar surface area (TPSA) is 39.6 Å². The predicted octanol–water partition coefficient (Wildman–Crippen LogP) is 6.14. The minimum absolute atomic E-state index is 0.758. The van der Waals surface area contributed by atoms with Gasteiger partial charge in [-0.1, -0.05) is 18.2 Å². The van der Waals surface area contributed by atoms with Crippen molar-refractivity contribution in [3.63, 3.8) is 0 Å². The first-order valence-corrected chi connectivity index (χ1v) is 9.06. The molecule has 5 rings (SSSR count). The fourth-order valence-electron chi connectivity index (χ4n) is 3.24. The highest BCUT2D eigenvalue weighted by Gasteiger charge is 2.17. The molecule has 0 bridgehead atoms. The Hall–Kier alpha value is -2.61. The van der Waals surface area contributed by atoms with E-state index in [1.807, 2.05) is 11.4 Å². The summed E-state index contributed by atoms with van der Waals surface area (Å²) in [4.78, 5) is 3.58. The van der Waals surface area contributed by atoms with E-state index in [1.165, 1.54) is 26.6 Å². The Morgan fingerprint density at radius 3 is 2.74 bits per heavy atom. The SMILES string of the molecule is N#Cc1csc2c(-c3ccsc3)c3[nH]c4ccccc4c3cc12. The zero-order valence-corrected chi connectivity index (χ0v) is 13.6. The van der Waals surface area contributed by atoms with E-state index >= 15 is 0 Å². The van der Waals surface area contributed by atoms with Crippen molar-refractivity contribution in [1.29, 1.82) is 5.26 Å². The summed E-state index contributed by atoms with van der Waals surface area (Å²) in [6.45, 7) is 0. The molecule has 0 amide bonds. The number of nitrogens with one attached hydrogen (secondary N) is 1. The quantitative estimate of drug-likeness (QED) is 0.394. The molecule has 4 heteroatoms. The minimum Gasteiger partial charge on any atom is -0.354 e. The molecule has 0 saturated heterocycles. The zero-order valence-electron chi connectivity index (χ0n) is 12.0. The van der Waals surface area contributed by atoms with Crippen molar-refractivity contribution in [3.05, 3.63) is 58.1 Å². The minimum atomic E-state index is 0.758. The number of hydrogen-bond acceptors (Lipinski definition) is 3. The lowest BCUT2D eigenvalue weighted by atomic mass is 10.0. The van der Waals surface area contributed by atoms with Gasteiger partial charge in [-0.05, 0) is 34.5 Å². The number of fused-ring (bicyclic) bond motifs is 4. The first-order chi connectivity index (χ1) is 11.4. The van der Waals surface area contributed by atoms with Crippen molar-refractivity contribution in [2.24, 2.45) is 0 Å². The Morgan fingerprint density at radius 2 is 1.91 bits per heavy atom. The van der Waals surface area contributed by atoms with Crippen LogP contribution in [0.3, 0.4) is 0 Å². The highest BCUT2D eigenvalue weighted by molar-refractivity contribution is 7.18. The van der Waals surface area contributed by atoms with Gasteiger partial charge in [0.2, 0.25) is 0 Å². The molecule has 0 atom stereocenters. The molecule has 2 nitrogen and oxygen atoms in total. The van der Waals surface area contributed by atoms with E-state index in [2.05, 4.69) is 52.1 Å². The largest absolute Gasteiger partial charge is 0.354 e. The molecule has 0 unspecified atom stereocenters. The van der Waals surface area contributed by atoms with E-state index in [-0.39, 0.29) is 0 Å². The van der Waals surface area contributed by atoms with Gasteiger partial charge in [0.05, 0.1) is 11.1 Å². The number of hydrogen-bond donors (Lipinski definition) is 1. The van der Waals surface area contributed by atoms with Crippen LogP contribution in [0.15, 0.2) is 52.5 Å². The predicted molar refractivity (Wildman–Crippen MR) is 99.2 cm³/mol. The van der Waals surface area contributed by atoms with Crippen LogP contribution in [-0.2, 0) is 0 Å². The molecule has 0 aliphatic rings. The van der Waals surface area contributed by atoms with Crippen molar-refractivity contribution in [2.75, 3.05) is 0 Å². The molecule has 1 N–H and O–H groups in total. The van der Waals surface area contributed by atoms with Gasteiger partial charge in [-0.2, -0.15) is 16.6 Å². The van der Waals surface area contributed by atoms with Crippen LogP contribution in [-0.4, -0.2) is 4.98 Å². The second-order valence-electron chi connectivity index (χ2n) is 5.49. The summed E-state index contributed by atoms with van der Waals surface area (Å²) in [5.74, 6) is 0. The fraction of sp³-hybridized carbons (Fsp3) is 0. The Kier molecular flexibility index (Phi) is 2.63. The number of aromatic amines is 1. The maximum atomic E-state index is 9.43. The van der Waals surface area contributed by atoms with Crippen molar-refractivity contribution in [2.45, 2.75) is 0 Å². The van der Waals surface area contributed by atoms with Crippen LogP contribution in [0, 0.1) is 11.3 Å². The molecule has 0 saturated carbocycles. The zero-order chi connectivity index (χ0) is 15.4. The number of thiophene rings is 2. The van der Waals surface area contributed by atoms with Crippen LogP contribution in [0.2, 0.25) is 0 Å². The van der Waals surface area contributed by atoms with Gasteiger partial charge in [-0.25, -0.2) is 0 Å². The van der Waals surface area contributed by atoms with Gasteiger partial charge in [0.25, 0.3) is 0 Å². The van der Waals surface area contributed by atoms with Gasteiger partial charge in [0.1, 0.15) is 6.07 Å². The number of nitrogens with zero attached hydrogens (tertiary/aromatic N) is 1. The lowest BCUT2D eigenvalue weighted by Crippen LogP contribution is -1.80. The summed E-state index contributed by atoms with van der Waals surface area (Å²) in [7, 11) is 0. The number of aromatic nitrogens is 1. The van der Waals surface area contributed by atoms with E-state index in [0.29, 0.717) is 0 Å². The van der Waals surface area contributed by atoms with Crippen LogP contribution in [0.1, 0.15) is 5.56 Å². The lowest BCUT2D eigenvalue weighted by molar-refractivity contribution is 1.52. The highest BCUT2D eigenvalue weighted by atomic mass is 32.1. The number of H-pyrrole nitrogens is 1. The first kappa shape index (κ1) is 12.9. The maximum absolute atomic E-state index is 9.43. The van der Waals surface area contributed by atoms with Crippen molar-refractivity contribution < 1.29 is 0 Å². The summed E-state index contributed by atoms with van der Waals surface area (Å²) in [6, 6.07) is 15.0. The van der Waals surface area contributed by atoms with Crippen molar-refractivity contribution in [3.8, 4) is 17.2 Å². The summed E-state index contributed by atoms with van der Waals surface area (Å²) in [5.41, 5.74) is 5.47. The van der Waals surface area contributed by atoms with Gasteiger partial charge in [-0.15, -0.1) is 11.3 Å². The van der Waals surface area contributed by atoms with Crippen LogP contribution >= 0.6 is 22.7 Å². The van der Waals surface area contributed by atoms with Gasteiger partial charge in [0.15, 0.2) is 0 Å². The summed E-state index contributed by atoms with van der Waals surface area (Å²) >= 11 is 3.35. The highest BCUT2D eigenvalue weighted by Crippen LogP contribution is 2.43. The van der Waals surface area contributed by atoms with Crippen LogP contribution in [0.25, 0.3) is 43.0 Å². The number of benzene rings is 2. The average molecular weight is 330 g/mol. The normalized spacial score (nSPS) is 11.4. The molecule has 5 aromatic rings. The van der Waals surface area contributed by atoms with E-state index in [1.54, 1.807) is 22.7 Å². The second-order valence-corrected chi connectivity index (χ2v) is 7.15. The van der Waals surface area contributed by atoms with Crippen LogP contribution in [0.5, 0.6) is 0 Å². The molecule has 0 aliphatic carbocycles. The molecule has 0 spiro atoms.